The molecule has 2 fully saturated rings. The molecule has 0 bridgehead atoms. The Morgan fingerprint density at radius 1 is 1.62 bits per heavy atom. The number of aliphatic hydroxyl groups is 1. The highest BCUT2D eigenvalue weighted by Crippen LogP contribution is 2.79. The molecule has 4 unspecified atom stereocenters. The third kappa shape index (κ3) is 0.719. The van der Waals surface area contributed by atoms with Gasteiger partial charge in [-0.25, -0.2) is 0 Å². The minimum absolute atomic E-state index is 0.0856. The van der Waals surface area contributed by atoms with Crippen LogP contribution in [0.5, 0.6) is 0 Å². The molecule has 3 rings (SSSR count). The van der Waals surface area contributed by atoms with Crippen LogP contribution in [0.25, 0.3) is 0 Å². The van der Waals surface area contributed by atoms with Gasteiger partial charge in [0.2, 0.25) is 0 Å². The lowest BCUT2D eigenvalue weighted by Crippen LogP contribution is -2.39. The summed E-state index contributed by atoms with van der Waals surface area (Å²) in [5.41, 5.74) is 0. The van der Waals surface area contributed by atoms with Crippen LogP contribution in [0.1, 0.15) is 0 Å². The smallest absolute Gasteiger partial charge is 0.172 e. The summed E-state index contributed by atoms with van der Waals surface area (Å²) in [6, 6.07) is 0. The van der Waals surface area contributed by atoms with E-state index < -0.39 is 14.6 Å². The molecule has 1 aliphatic carbocycles. The molecule has 2 saturated heterocycles. The highest BCUT2D eigenvalue weighted by Gasteiger charge is 2.84. The van der Waals surface area contributed by atoms with Crippen LogP contribution >= 0.6 is 23.5 Å². The summed E-state index contributed by atoms with van der Waals surface area (Å²) in [4.78, 5) is 9.38. The Balaban J connectivity index is 2.04. The van der Waals surface area contributed by atoms with Gasteiger partial charge >= 0.3 is 0 Å². The Hall–Kier alpha value is 0.0300. The fourth-order valence-electron chi connectivity index (χ4n) is 1.94. The van der Waals surface area contributed by atoms with Gasteiger partial charge in [0, 0.05) is 7.11 Å². The first kappa shape index (κ1) is 8.35. The van der Waals surface area contributed by atoms with Crippen molar-refractivity contribution in [1.82, 2.24) is 0 Å². The SMILES string of the molecule is COC12SC1(O)C=CC1(C=O)SC12. The third-order valence-electron chi connectivity index (χ3n) is 2.84. The Kier molecular flexibility index (Phi) is 1.29. The zero-order chi connectivity index (χ0) is 9.32. The largest absolute Gasteiger partial charge is 0.372 e. The predicted molar refractivity (Wildman–Crippen MR) is 51.6 cm³/mol. The minimum atomic E-state index is -0.886. The maximum atomic E-state index is 10.8. The van der Waals surface area contributed by atoms with Crippen molar-refractivity contribution in [2.75, 3.05) is 7.11 Å². The molecule has 0 spiro atoms. The van der Waals surface area contributed by atoms with Crippen molar-refractivity contribution in [2.24, 2.45) is 0 Å². The molecular formula is C8H8O3S2. The van der Waals surface area contributed by atoms with E-state index in [0.717, 1.165) is 6.29 Å². The molecule has 0 aromatic heterocycles. The molecule has 4 atom stereocenters. The van der Waals surface area contributed by atoms with Crippen molar-refractivity contribution in [3.05, 3.63) is 12.2 Å². The van der Waals surface area contributed by atoms with Crippen molar-refractivity contribution in [3.63, 3.8) is 0 Å². The number of hydrogen-bond donors (Lipinski definition) is 1. The summed E-state index contributed by atoms with van der Waals surface area (Å²) in [6.07, 6.45) is 4.43. The van der Waals surface area contributed by atoms with Crippen LogP contribution in [-0.2, 0) is 9.53 Å². The molecular weight excluding hydrogens is 208 g/mol. The van der Waals surface area contributed by atoms with Crippen LogP contribution in [0.3, 0.4) is 0 Å². The molecule has 0 radical (unpaired) electrons. The van der Waals surface area contributed by atoms with E-state index >= 15 is 0 Å². The number of hydrogen-bond acceptors (Lipinski definition) is 5. The van der Waals surface area contributed by atoms with E-state index in [1.165, 1.54) is 11.8 Å². The maximum Gasteiger partial charge on any atom is 0.172 e. The second kappa shape index (κ2) is 2.00. The Morgan fingerprint density at radius 3 is 3.00 bits per heavy atom. The molecule has 0 aromatic rings. The normalized spacial score (nSPS) is 60.9. The second-order valence-corrected chi connectivity index (χ2v) is 6.32. The topological polar surface area (TPSA) is 46.5 Å². The summed E-state index contributed by atoms with van der Waals surface area (Å²) < 4.78 is 4.91. The molecule has 3 nitrogen and oxygen atoms in total. The van der Waals surface area contributed by atoms with Crippen molar-refractivity contribution >= 4 is 29.8 Å². The Bertz CT molecular complexity index is 331. The molecule has 13 heavy (non-hydrogen) atoms. The minimum Gasteiger partial charge on any atom is -0.372 e. The van der Waals surface area contributed by atoms with Crippen molar-refractivity contribution < 1.29 is 14.6 Å². The molecule has 3 aliphatic rings. The quantitative estimate of drug-likeness (QED) is 0.411. The Labute approximate surface area is 83.9 Å². The van der Waals surface area contributed by atoms with Gasteiger partial charge in [0.15, 0.2) is 9.87 Å². The van der Waals surface area contributed by atoms with Crippen molar-refractivity contribution in [2.45, 2.75) is 19.9 Å². The van der Waals surface area contributed by atoms with Gasteiger partial charge in [0.1, 0.15) is 11.0 Å². The van der Waals surface area contributed by atoms with E-state index in [9.17, 15) is 9.90 Å². The summed E-state index contributed by atoms with van der Waals surface area (Å²) in [5.74, 6) is 0. The monoisotopic (exact) mass is 216 g/mol. The molecule has 2 heterocycles. The second-order valence-electron chi connectivity index (χ2n) is 3.47. The fraction of sp³-hybridized carbons (Fsp3) is 0.625. The van der Waals surface area contributed by atoms with E-state index in [1.54, 1.807) is 31.0 Å². The predicted octanol–water partition coefficient (Wildman–Crippen LogP) is 0.387. The van der Waals surface area contributed by atoms with Gasteiger partial charge in [-0.3, -0.25) is 0 Å². The number of rotatable bonds is 2. The van der Waals surface area contributed by atoms with E-state index in [4.69, 9.17) is 4.74 Å². The number of carbonyl (C=O) groups is 1. The number of thioether (sulfide) groups is 2. The lowest BCUT2D eigenvalue weighted by atomic mass is 9.93. The molecule has 0 aromatic carbocycles. The number of carbonyl (C=O) groups excluding carboxylic acids is 1. The van der Waals surface area contributed by atoms with E-state index in [1.807, 2.05) is 0 Å². The molecule has 1 N–H and O–H groups in total. The van der Waals surface area contributed by atoms with Gasteiger partial charge in [0.05, 0.1) is 5.25 Å². The van der Waals surface area contributed by atoms with Crippen LogP contribution in [0.15, 0.2) is 12.2 Å². The fourth-order valence-corrected chi connectivity index (χ4v) is 4.85. The summed E-state index contributed by atoms with van der Waals surface area (Å²) in [6.45, 7) is 0. The molecule has 70 valence electrons. The van der Waals surface area contributed by atoms with E-state index in [-0.39, 0.29) is 5.25 Å². The van der Waals surface area contributed by atoms with Crippen LogP contribution in [-0.4, -0.2) is 38.4 Å². The molecule has 2 aliphatic heterocycles. The van der Waals surface area contributed by atoms with Gasteiger partial charge < -0.3 is 14.6 Å². The zero-order valence-electron chi connectivity index (χ0n) is 6.89. The number of methoxy groups -OCH3 is 1. The zero-order valence-corrected chi connectivity index (χ0v) is 8.52. The Morgan fingerprint density at radius 2 is 2.38 bits per heavy atom. The van der Waals surface area contributed by atoms with Gasteiger partial charge in [-0.1, -0.05) is 17.8 Å². The maximum absolute atomic E-state index is 10.8. The van der Waals surface area contributed by atoms with E-state index in [2.05, 4.69) is 0 Å². The average Bonchev–Trinajstić information content (AvgIpc) is 2.96. The molecule has 0 amide bonds. The lowest BCUT2D eigenvalue weighted by molar-refractivity contribution is -0.109. The number of aldehydes is 1. The van der Waals surface area contributed by atoms with Gasteiger partial charge in [-0.15, -0.1) is 11.8 Å². The van der Waals surface area contributed by atoms with Crippen LogP contribution < -0.4 is 0 Å². The third-order valence-corrected chi connectivity index (χ3v) is 6.13. The molecule has 5 heteroatoms. The number of fused-ring (bicyclic) bond motifs is 3. The van der Waals surface area contributed by atoms with Crippen LogP contribution in [0, 0.1) is 0 Å². The van der Waals surface area contributed by atoms with E-state index in [0.29, 0.717) is 0 Å². The average molecular weight is 216 g/mol. The van der Waals surface area contributed by atoms with Gasteiger partial charge in [0.25, 0.3) is 0 Å². The summed E-state index contributed by atoms with van der Waals surface area (Å²) in [7, 11) is 1.58. The lowest BCUT2D eigenvalue weighted by Gasteiger charge is -2.19. The van der Waals surface area contributed by atoms with Crippen molar-refractivity contribution in [3.8, 4) is 0 Å². The summed E-state index contributed by atoms with van der Waals surface area (Å²) in [5, 5.41) is 10.0. The first-order chi connectivity index (χ1) is 6.12. The first-order valence-corrected chi connectivity index (χ1v) is 5.64. The van der Waals surface area contributed by atoms with Gasteiger partial charge in [-0.05, 0) is 6.08 Å². The first-order valence-electron chi connectivity index (χ1n) is 3.95. The van der Waals surface area contributed by atoms with Crippen LogP contribution in [0.2, 0.25) is 0 Å². The molecule has 0 saturated carbocycles. The van der Waals surface area contributed by atoms with Crippen molar-refractivity contribution in [1.29, 1.82) is 0 Å². The highest BCUT2D eigenvalue weighted by atomic mass is 32.2. The van der Waals surface area contributed by atoms with Crippen LogP contribution in [0.4, 0.5) is 0 Å². The standard InChI is InChI=1S/C8H8O3S2/c1-11-8-5-6(4-9,12-5)2-3-7(8,10)13-8/h2-5,10H,1H3. The number of ether oxygens (including phenoxy) is 1. The highest BCUT2D eigenvalue weighted by molar-refractivity contribution is 8.15. The van der Waals surface area contributed by atoms with Gasteiger partial charge in [-0.2, -0.15) is 0 Å². The summed E-state index contributed by atoms with van der Waals surface area (Å²) >= 11 is 2.94.